The first-order chi connectivity index (χ1) is 10.9. The maximum absolute atomic E-state index is 12.3. The number of rotatable bonds is 3. The van der Waals surface area contributed by atoms with Gasteiger partial charge in [-0.05, 0) is 57.3 Å². The first kappa shape index (κ1) is 17.1. The van der Waals surface area contributed by atoms with Gasteiger partial charge in [-0.15, -0.1) is 0 Å². The lowest BCUT2D eigenvalue weighted by Gasteiger charge is -2.39. The van der Waals surface area contributed by atoms with Crippen molar-refractivity contribution in [1.82, 2.24) is 15.6 Å². The molecule has 1 aliphatic rings. The topological polar surface area (TPSA) is 112 Å². The first-order valence-electron chi connectivity index (χ1n) is 7.58. The molecule has 0 bridgehead atoms. The monoisotopic (exact) mass is 318 g/mol. The molecule has 8 heteroatoms. The van der Waals surface area contributed by atoms with Crippen LogP contribution in [0.25, 0.3) is 10.4 Å². The minimum Gasteiger partial charge on any atom is -0.444 e. The number of ether oxygens (including phenoxy) is 1. The zero-order chi connectivity index (χ0) is 16.9. The first-order valence-corrected chi connectivity index (χ1v) is 7.58. The number of hydrogen-bond acceptors (Lipinski definition) is 5. The number of alkyl carbamates (subject to hydrolysis) is 1. The minimum atomic E-state index is -0.687. The molecule has 2 heterocycles. The van der Waals surface area contributed by atoms with Crippen LogP contribution in [0.2, 0.25) is 0 Å². The van der Waals surface area contributed by atoms with Gasteiger partial charge >= 0.3 is 6.09 Å². The van der Waals surface area contributed by atoms with E-state index in [4.69, 9.17) is 10.3 Å². The summed E-state index contributed by atoms with van der Waals surface area (Å²) in [7, 11) is 0. The molecule has 1 aliphatic heterocycles. The molecule has 124 valence electrons. The number of hydrogen-bond donors (Lipinski definition) is 2. The van der Waals surface area contributed by atoms with E-state index in [1.165, 1.54) is 6.20 Å². The number of aromatic nitrogens is 1. The highest BCUT2D eigenvalue weighted by atomic mass is 16.6. The summed E-state index contributed by atoms with van der Waals surface area (Å²) in [6.07, 6.45) is 4.23. The molecule has 0 aromatic carbocycles. The lowest BCUT2D eigenvalue weighted by atomic mass is 9.82. The van der Waals surface area contributed by atoms with Crippen LogP contribution in [0.4, 0.5) is 10.5 Å². The number of nitrogens with zero attached hydrogens (tertiary/aromatic N) is 4. The van der Waals surface area contributed by atoms with Crippen LogP contribution in [-0.2, 0) is 10.3 Å². The van der Waals surface area contributed by atoms with Crippen molar-refractivity contribution in [2.24, 2.45) is 5.11 Å². The normalized spacial score (nSPS) is 21.2. The summed E-state index contributed by atoms with van der Waals surface area (Å²) >= 11 is 0. The number of piperidine rings is 1. The van der Waals surface area contributed by atoms with Crippen LogP contribution in [0, 0.1) is 0 Å². The van der Waals surface area contributed by atoms with Gasteiger partial charge in [-0.25, -0.2) is 4.79 Å². The van der Waals surface area contributed by atoms with E-state index in [-0.39, 0.29) is 0 Å². The Bertz CT molecular complexity index is 613. The summed E-state index contributed by atoms with van der Waals surface area (Å²) < 4.78 is 5.39. The van der Waals surface area contributed by atoms with Gasteiger partial charge in [-0.2, -0.15) is 0 Å². The molecule has 0 aliphatic carbocycles. The number of carbonyl (C=O) groups excluding carboxylic acids is 1. The lowest BCUT2D eigenvalue weighted by molar-refractivity contribution is 0.0431. The molecule has 1 saturated heterocycles. The highest BCUT2D eigenvalue weighted by Crippen LogP contribution is 2.35. The van der Waals surface area contributed by atoms with Crippen LogP contribution in [0.3, 0.4) is 0 Å². The summed E-state index contributed by atoms with van der Waals surface area (Å²) in [4.78, 5) is 19.1. The molecule has 0 unspecified atom stereocenters. The van der Waals surface area contributed by atoms with E-state index in [9.17, 15) is 4.79 Å². The predicted molar refractivity (Wildman–Crippen MR) is 86.2 cm³/mol. The molecule has 1 atom stereocenters. The fourth-order valence-electron chi connectivity index (χ4n) is 2.73. The second kappa shape index (κ2) is 6.85. The van der Waals surface area contributed by atoms with Crippen molar-refractivity contribution in [2.75, 3.05) is 13.1 Å². The van der Waals surface area contributed by atoms with Crippen LogP contribution >= 0.6 is 0 Å². The predicted octanol–water partition coefficient (Wildman–Crippen LogP) is 3.13. The molecule has 1 aromatic rings. The van der Waals surface area contributed by atoms with Crippen LogP contribution in [0.1, 0.15) is 39.2 Å². The Balaban J connectivity index is 2.36. The van der Waals surface area contributed by atoms with Crippen LogP contribution in [0.5, 0.6) is 0 Å². The Labute approximate surface area is 135 Å². The van der Waals surface area contributed by atoms with Gasteiger partial charge in [0.15, 0.2) is 0 Å². The zero-order valence-electron chi connectivity index (χ0n) is 13.7. The van der Waals surface area contributed by atoms with Crippen LogP contribution < -0.4 is 10.6 Å². The van der Waals surface area contributed by atoms with Crippen LogP contribution in [0.15, 0.2) is 23.6 Å². The second-order valence-electron chi connectivity index (χ2n) is 6.57. The highest BCUT2D eigenvalue weighted by molar-refractivity contribution is 5.70. The van der Waals surface area contributed by atoms with Crippen molar-refractivity contribution in [2.45, 2.75) is 44.8 Å². The van der Waals surface area contributed by atoms with Crippen molar-refractivity contribution >= 4 is 11.8 Å². The molecule has 2 rings (SSSR count). The molecular weight excluding hydrogens is 296 g/mol. The summed E-state index contributed by atoms with van der Waals surface area (Å²) in [5.41, 5.74) is 8.64. The van der Waals surface area contributed by atoms with Gasteiger partial charge in [-0.3, -0.25) is 4.98 Å². The molecule has 0 spiro atoms. The smallest absolute Gasteiger partial charge is 0.408 e. The molecular formula is C15H22N6O2. The van der Waals surface area contributed by atoms with E-state index < -0.39 is 17.2 Å². The molecule has 1 amide bonds. The third-order valence-corrected chi connectivity index (χ3v) is 3.59. The van der Waals surface area contributed by atoms with Gasteiger partial charge in [0.25, 0.3) is 0 Å². The van der Waals surface area contributed by atoms with Gasteiger partial charge in [0, 0.05) is 23.9 Å². The number of carbonyl (C=O) groups is 1. The largest absolute Gasteiger partial charge is 0.444 e. The third-order valence-electron chi connectivity index (χ3n) is 3.59. The van der Waals surface area contributed by atoms with E-state index in [2.05, 4.69) is 25.6 Å². The molecule has 0 saturated carbocycles. The van der Waals surface area contributed by atoms with Crippen molar-refractivity contribution < 1.29 is 9.53 Å². The van der Waals surface area contributed by atoms with E-state index in [0.717, 1.165) is 24.9 Å². The van der Waals surface area contributed by atoms with E-state index in [1.807, 2.05) is 20.8 Å². The average Bonchev–Trinajstić information content (AvgIpc) is 2.47. The van der Waals surface area contributed by atoms with Gasteiger partial charge < -0.3 is 15.4 Å². The molecule has 8 nitrogen and oxygen atoms in total. The van der Waals surface area contributed by atoms with Gasteiger partial charge in [0.2, 0.25) is 0 Å². The Kier molecular flexibility index (Phi) is 5.08. The summed E-state index contributed by atoms with van der Waals surface area (Å²) in [5.74, 6) is 0. The van der Waals surface area contributed by atoms with Crippen molar-refractivity contribution in [3.8, 4) is 0 Å². The number of nitrogens with one attached hydrogen (secondary N) is 2. The lowest BCUT2D eigenvalue weighted by Crippen LogP contribution is -2.56. The molecule has 1 fully saturated rings. The molecule has 23 heavy (non-hydrogen) atoms. The Hall–Kier alpha value is -2.31. The fourth-order valence-corrected chi connectivity index (χ4v) is 2.73. The SMILES string of the molecule is CC(C)(C)OC(=O)N[C@]1(c2ccncc2N=[N+]=[N-])CCCNC1. The summed E-state index contributed by atoms with van der Waals surface area (Å²) in [5, 5.41) is 9.96. The Morgan fingerprint density at radius 3 is 2.96 bits per heavy atom. The van der Waals surface area contributed by atoms with E-state index >= 15 is 0 Å². The third kappa shape index (κ3) is 4.34. The van der Waals surface area contributed by atoms with Crippen LogP contribution in [-0.4, -0.2) is 29.8 Å². The van der Waals surface area contributed by atoms with Gasteiger partial charge in [-0.1, -0.05) is 5.11 Å². The Morgan fingerprint density at radius 2 is 2.35 bits per heavy atom. The number of amides is 1. The minimum absolute atomic E-state index is 0.412. The maximum Gasteiger partial charge on any atom is 0.408 e. The van der Waals surface area contributed by atoms with Gasteiger partial charge in [0.05, 0.1) is 11.2 Å². The number of pyridine rings is 1. The fraction of sp³-hybridized carbons (Fsp3) is 0.600. The average molecular weight is 318 g/mol. The Morgan fingerprint density at radius 1 is 1.57 bits per heavy atom. The zero-order valence-corrected chi connectivity index (χ0v) is 13.7. The number of azide groups is 1. The molecule has 2 N–H and O–H groups in total. The van der Waals surface area contributed by atoms with Crippen molar-refractivity contribution in [3.63, 3.8) is 0 Å². The molecule has 1 aromatic heterocycles. The van der Waals surface area contributed by atoms with Crippen molar-refractivity contribution in [3.05, 3.63) is 34.5 Å². The highest BCUT2D eigenvalue weighted by Gasteiger charge is 2.38. The second-order valence-corrected chi connectivity index (χ2v) is 6.57. The van der Waals surface area contributed by atoms with E-state index in [0.29, 0.717) is 12.2 Å². The molecule has 0 radical (unpaired) electrons. The van der Waals surface area contributed by atoms with Crippen molar-refractivity contribution in [1.29, 1.82) is 0 Å². The van der Waals surface area contributed by atoms with Gasteiger partial charge in [0.1, 0.15) is 5.60 Å². The quantitative estimate of drug-likeness (QED) is 0.506. The maximum atomic E-state index is 12.3. The summed E-state index contributed by atoms with van der Waals surface area (Å²) in [6.45, 7) is 6.85. The standard InChI is InChI=1S/C15H22N6O2/c1-14(2,3)23-13(22)19-15(6-4-7-18-10-15)11-5-8-17-9-12(11)20-21-16/h5,8-9,18H,4,6-7,10H2,1-3H3,(H,19,22)/t15-/m1/s1. The van der Waals surface area contributed by atoms with E-state index in [1.54, 1.807) is 12.3 Å². The summed E-state index contributed by atoms with van der Waals surface area (Å²) in [6, 6.07) is 1.77.